The van der Waals surface area contributed by atoms with Gasteiger partial charge in [0.15, 0.2) is 0 Å². The third-order valence-electron chi connectivity index (χ3n) is 11.5. The molecule has 0 saturated carbocycles. The number of esters is 2. The summed E-state index contributed by atoms with van der Waals surface area (Å²) in [7, 11) is 0. The number of carbonyl (C=O) groups is 4. The SMILES string of the molecule is CCCCCCCC(CCCCCC(CCCC(=O)[O-])OCc1ccccc1)OC(C)=O.CCCCCCCC(CCCCCC(CCCC(=O)[O-])OCc1ccccc1)OC(C)=O.[Ba+2]. The van der Waals surface area contributed by atoms with Gasteiger partial charge in [-0.2, -0.15) is 0 Å². The van der Waals surface area contributed by atoms with Gasteiger partial charge in [0.1, 0.15) is 12.2 Å². The zero-order chi connectivity index (χ0) is 46.9. The summed E-state index contributed by atoms with van der Waals surface area (Å²) in [5.74, 6) is -2.38. The molecule has 0 radical (unpaired) electrons. The van der Waals surface area contributed by atoms with Crippen LogP contribution in [0, 0.1) is 0 Å². The fourth-order valence-electron chi connectivity index (χ4n) is 7.93. The first-order valence-corrected chi connectivity index (χ1v) is 25.1. The largest absolute Gasteiger partial charge is 2.00 e. The number of aliphatic carboxylic acids is 2. The zero-order valence-electron chi connectivity index (χ0n) is 41.1. The normalized spacial score (nSPS) is 12.7. The van der Waals surface area contributed by atoms with Crippen LogP contribution in [-0.2, 0) is 51.3 Å². The van der Waals surface area contributed by atoms with Crippen molar-refractivity contribution >= 4 is 72.8 Å². The van der Waals surface area contributed by atoms with Gasteiger partial charge < -0.3 is 38.7 Å². The van der Waals surface area contributed by atoms with Crippen molar-refractivity contribution in [2.75, 3.05) is 0 Å². The van der Waals surface area contributed by atoms with E-state index in [1.54, 1.807) is 0 Å². The van der Waals surface area contributed by atoms with Gasteiger partial charge in [0.2, 0.25) is 0 Å². The molecular formula is C54H86BaO10. The molecular weight excluding hydrogens is 946 g/mol. The van der Waals surface area contributed by atoms with E-state index in [4.69, 9.17) is 18.9 Å². The van der Waals surface area contributed by atoms with Crippen molar-refractivity contribution in [3.63, 3.8) is 0 Å². The van der Waals surface area contributed by atoms with Crippen LogP contribution in [0.25, 0.3) is 0 Å². The maximum absolute atomic E-state index is 11.4. The number of unbranched alkanes of at least 4 members (excludes halogenated alkanes) is 12. The molecule has 0 spiro atoms. The number of benzene rings is 2. The number of hydrogen-bond donors (Lipinski definition) is 0. The van der Waals surface area contributed by atoms with Gasteiger partial charge in [0.25, 0.3) is 0 Å². The van der Waals surface area contributed by atoms with Crippen LogP contribution in [0.3, 0.4) is 0 Å². The van der Waals surface area contributed by atoms with E-state index in [0.717, 1.165) is 114 Å². The van der Waals surface area contributed by atoms with Crippen LogP contribution in [0.5, 0.6) is 0 Å². The Labute approximate surface area is 434 Å². The molecule has 0 aliphatic carbocycles. The molecule has 2 aromatic carbocycles. The predicted molar refractivity (Wildman–Crippen MR) is 258 cm³/mol. The molecule has 0 fully saturated rings. The van der Waals surface area contributed by atoms with E-state index in [2.05, 4.69) is 13.8 Å². The first kappa shape index (κ1) is 62.8. The quantitative estimate of drug-likeness (QED) is 0.0358. The fraction of sp³-hybridized carbons (Fsp3) is 0.704. The minimum Gasteiger partial charge on any atom is -0.550 e. The van der Waals surface area contributed by atoms with Gasteiger partial charge in [0.05, 0.1) is 25.4 Å². The standard InChI is InChI=1S/2C27H44O5.Ba/c2*1-3-4-5-6-11-18-26(32-23(2)28)19-13-8-12-17-25(20-14-21-27(29)30)31-22-24-15-9-7-10-16-24;/h2*7,9-10,15-16,25-26H,3-6,8,11-14,17-22H2,1-2H3,(H,29,30);/q;;+2/p-2. The summed E-state index contributed by atoms with van der Waals surface area (Å²) in [6, 6.07) is 20.1. The number of carboxylic acids is 2. The Morgan fingerprint density at radius 2 is 0.692 bits per heavy atom. The second kappa shape index (κ2) is 44.3. The molecule has 0 N–H and O–H groups in total. The van der Waals surface area contributed by atoms with Gasteiger partial charge in [0, 0.05) is 25.8 Å². The summed E-state index contributed by atoms with van der Waals surface area (Å²) in [6.45, 7) is 8.49. The molecule has 10 nitrogen and oxygen atoms in total. The number of carboxylic acid groups (broad SMARTS) is 2. The van der Waals surface area contributed by atoms with Crippen molar-refractivity contribution in [1.29, 1.82) is 0 Å². The third kappa shape index (κ3) is 40.6. The minimum absolute atomic E-state index is 0. The van der Waals surface area contributed by atoms with Crippen molar-refractivity contribution in [1.82, 2.24) is 0 Å². The van der Waals surface area contributed by atoms with Gasteiger partial charge in [-0.05, 0) is 114 Å². The molecule has 2 aromatic rings. The van der Waals surface area contributed by atoms with E-state index in [-0.39, 0.29) is 98.1 Å². The Bertz CT molecular complexity index is 1320. The predicted octanol–water partition coefficient (Wildman–Crippen LogP) is 11.1. The first-order valence-electron chi connectivity index (χ1n) is 25.1. The smallest absolute Gasteiger partial charge is 0.550 e. The maximum Gasteiger partial charge on any atom is 2.00 e. The topological polar surface area (TPSA) is 151 Å². The van der Waals surface area contributed by atoms with Crippen LogP contribution in [0.15, 0.2) is 60.7 Å². The third-order valence-corrected chi connectivity index (χ3v) is 11.5. The molecule has 0 aliphatic heterocycles. The Balaban J connectivity index is 0.00000124. The molecule has 4 atom stereocenters. The number of hydrogen-bond acceptors (Lipinski definition) is 10. The Morgan fingerprint density at radius 1 is 0.415 bits per heavy atom. The van der Waals surface area contributed by atoms with Gasteiger partial charge in [-0.15, -0.1) is 0 Å². The molecule has 0 bridgehead atoms. The van der Waals surface area contributed by atoms with Crippen LogP contribution in [0.1, 0.15) is 219 Å². The number of rotatable bonds is 40. The van der Waals surface area contributed by atoms with E-state index in [1.165, 1.54) is 65.2 Å². The van der Waals surface area contributed by atoms with E-state index in [9.17, 15) is 29.4 Å². The summed E-state index contributed by atoms with van der Waals surface area (Å²) in [4.78, 5) is 44.3. The average Bonchev–Trinajstić information content (AvgIpc) is 3.26. The monoisotopic (exact) mass is 1030 g/mol. The molecule has 0 amide bonds. The maximum atomic E-state index is 11.4. The molecule has 4 unspecified atom stereocenters. The van der Waals surface area contributed by atoms with Crippen LogP contribution in [0.2, 0.25) is 0 Å². The van der Waals surface area contributed by atoms with E-state index >= 15 is 0 Å². The van der Waals surface area contributed by atoms with Gasteiger partial charge in [-0.1, -0.05) is 152 Å². The second-order valence-corrected chi connectivity index (χ2v) is 17.5. The number of ether oxygens (including phenoxy) is 4. The van der Waals surface area contributed by atoms with Crippen LogP contribution in [0.4, 0.5) is 0 Å². The van der Waals surface area contributed by atoms with E-state index in [1.807, 2.05) is 60.7 Å². The van der Waals surface area contributed by atoms with Crippen molar-refractivity contribution in [2.24, 2.45) is 0 Å². The van der Waals surface area contributed by atoms with Gasteiger partial charge >= 0.3 is 60.8 Å². The van der Waals surface area contributed by atoms with Crippen molar-refractivity contribution in [3.8, 4) is 0 Å². The molecule has 11 heteroatoms. The van der Waals surface area contributed by atoms with Crippen molar-refractivity contribution in [3.05, 3.63) is 71.8 Å². The first-order chi connectivity index (χ1) is 31.0. The van der Waals surface area contributed by atoms with Crippen molar-refractivity contribution < 1.29 is 48.3 Å². The molecule has 0 saturated heterocycles. The summed E-state index contributed by atoms with van der Waals surface area (Å²) >= 11 is 0. The van der Waals surface area contributed by atoms with E-state index in [0.29, 0.717) is 26.1 Å². The average molecular weight is 1030 g/mol. The summed E-state index contributed by atoms with van der Waals surface area (Å²) in [5, 5.41) is 21.5. The second-order valence-electron chi connectivity index (χ2n) is 17.5. The van der Waals surface area contributed by atoms with Gasteiger partial charge in [-0.25, -0.2) is 0 Å². The van der Waals surface area contributed by atoms with Gasteiger partial charge in [-0.3, -0.25) is 9.59 Å². The fourth-order valence-corrected chi connectivity index (χ4v) is 7.93. The van der Waals surface area contributed by atoms with Crippen LogP contribution in [-0.4, -0.2) is 97.2 Å². The molecule has 2 rings (SSSR count). The van der Waals surface area contributed by atoms with Crippen LogP contribution >= 0.6 is 0 Å². The molecule has 0 heterocycles. The zero-order valence-corrected chi connectivity index (χ0v) is 45.5. The van der Waals surface area contributed by atoms with Crippen LogP contribution < -0.4 is 10.2 Å². The minimum atomic E-state index is -1.00. The molecule has 364 valence electrons. The number of carbonyl (C=O) groups excluding carboxylic acids is 4. The Hall–Kier alpha value is -2.19. The van der Waals surface area contributed by atoms with Crippen molar-refractivity contribution in [2.45, 2.75) is 245 Å². The summed E-state index contributed by atoms with van der Waals surface area (Å²) in [5.41, 5.74) is 2.25. The Morgan fingerprint density at radius 3 is 0.985 bits per heavy atom. The molecule has 0 aliphatic rings. The summed E-state index contributed by atoms with van der Waals surface area (Å²) in [6.07, 6.45) is 26.9. The molecule has 0 aromatic heterocycles. The molecule has 65 heavy (non-hydrogen) atoms. The summed E-state index contributed by atoms with van der Waals surface area (Å²) < 4.78 is 23.2. The van der Waals surface area contributed by atoms with E-state index < -0.39 is 11.9 Å². The Kier molecular flexibility index (Phi) is 42.8.